The molecule has 0 unspecified atom stereocenters. The summed E-state index contributed by atoms with van der Waals surface area (Å²) in [4.78, 5) is 11.7. The van der Waals surface area contributed by atoms with Crippen molar-refractivity contribution in [3.8, 4) is 22.8 Å². The van der Waals surface area contributed by atoms with Gasteiger partial charge >= 0.3 is 0 Å². The molecule has 0 aliphatic heterocycles. The SMILES string of the molecule is CNCCN(c1cc(OC)cc(OC)c1)c1ccc2ncc(-c3cnn(C(C)C)c3)nc2c1.Cl. The van der Waals surface area contributed by atoms with Gasteiger partial charge < -0.3 is 19.7 Å². The van der Waals surface area contributed by atoms with Crippen LogP contribution in [0.3, 0.4) is 0 Å². The summed E-state index contributed by atoms with van der Waals surface area (Å²) in [5, 5.41) is 7.67. The molecule has 0 aliphatic carbocycles. The molecule has 0 saturated heterocycles. The molecule has 0 radical (unpaired) electrons. The Balaban J connectivity index is 0.00000324. The number of ether oxygens (including phenoxy) is 2. The Bertz CT molecular complexity index is 1220. The molecular formula is C25H31ClN6O2. The van der Waals surface area contributed by atoms with Crippen molar-refractivity contribution in [1.82, 2.24) is 25.1 Å². The number of halogens is 1. The summed E-state index contributed by atoms with van der Waals surface area (Å²) < 4.78 is 12.9. The molecule has 0 atom stereocenters. The quantitative estimate of drug-likeness (QED) is 0.364. The standard InChI is InChI=1S/C25H30N6O2.ClH/c1-17(2)31-16-18(14-28-31)25-15-27-23-7-6-19(12-24(23)29-25)30(9-8-26-3)20-10-21(32-4)13-22(11-20)33-5;/h6-7,10-17,26H,8-9H2,1-5H3;1H. The molecule has 0 amide bonds. The van der Waals surface area contributed by atoms with Gasteiger partial charge in [0.25, 0.3) is 0 Å². The number of aromatic nitrogens is 4. The summed E-state index contributed by atoms with van der Waals surface area (Å²) >= 11 is 0. The number of hydrogen-bond donors (Lipinski definition) is 1. The number of fused-ring (bicyclic) bond motifs is 1. The zero-order chi connectivity index (χ0) is 23.4. The molecule has 8 nitrogen and oxygen atoms in total. The number of anilines is 2. The highest BCUT2D eigenvalue weighted by molar-refractivity contribution is 5.85. The Morgan fingerprint density at radius 2 is 1.71 bits per heavy atom. The molecule has 180 valence electrons. The van der Waals surface area contributed by atoms with Crippen molar-refractivity contribution in [2.24, 2.45) is 0 Å². The molecule has 2 heterocycles. The maximum atomic E-state index is 5.49. The van der Waals surface area contributed by atoms with Crippen molar-refractivity contribution in [2.75, 3.05) is 39.3 Å². The zero-order valence-corrected chi connectivity index (χ0v) is 21.0. The van der Waals surface area contributed by atoms with Gasteiger partial charge in [0, 0.05) is 60.5 Å². The summed E-state index contributed by atoms with van der Waals surface area (Å²) in [6, 6.07) is 12.3. The Morgan fingerprint density at radius 3 is 2.32 bits per heavy atom. The van der Waals surface area contributed by atoms with Gasteiger partial charge in [-0.25, -0.2) is 4.98 Å². The Morgan fingerprint density at radius 1 is 0.971 bits per heavy atom. The van der Waals surface area contributed by atoms with Crippen molar-refractivity contribution in [2.45, 2.75) is 19.9 Å². The van der Waals surface area contributed by atoms with Crippen LogP contribution in [0.4, 0.5) is 11.4 Å². The van der Waals surface area contributed by atoms with Crippen molar-refractivity contribution in [1.29, 1.82) is 0 Å². The molecule has 0 fully saturated rings. The first-order valence-electron chi connectivity index (χ1n) is 11.0. The highest BCUT2D eigenvalue weighted by Crippen LogP contribution is 2.34. The van der Waals surface area contributed by atoms with Crippen molar-refractivity contribution >= 4 is 34.8 Å². The second-order valence-corrected chi connectivity index (χ2v) is 8.06. The van der Waals surface area contributed by atoms with Crippen LogP contribution in [0, 0.1) is 0 Å². The second kappa shape index (κ2) is 11.2. The van der Waals surface area contributed by atoms with E-state index in [9.17, 15) is 0 Å². The van der Waals surface area contributed by atoms with Crippen LogP contribution in [0.5, 0.6) is 11.5 Å². The normalized spacial score (nSPS) is 10.9. The molecule has 0 saturated carbocycles. The van der Waals surface area contributed by atoms with Crippen LogP contribution < -0.4 is 19.7 Å². The first kappa shape index (κ1) is 25.3. The molecule has 1 N–H and O–H groups in total. The van der Waals surface area contributed by atoms with E-state index in [1.165, 1.54) is 0 Å². The van der Waals surface area contributed by atoms with Gasteiger partial charge in [0.1, 0.15) is 11.5 Å². The van der Waals surface area contributed by atoms with Gasteiger partial charge in [-0.1, -0.05) is 0 Å². The fourth-order valence-electron chi connectivity index (χ4n) is 3.64. The molecule has 34 heavy (non-hydrogen) atoms. The molecule has 2 aromatic carbocycles. The van der Waals surface area contributed by atoms with Crippen LogP contribution in [-0.4, -0.2) is 54.1 Å². The molecular weight excluding hydrogens is 452 g/mol. The lowest BCUT2D eigenvalue weighted by molar-refractivity contribution is 0.394. The van der Waals surface area contributed by atoms with Gasteiger partial charge in [-0.05, 0) is 39.1 Å². The van der Waals surface area contributed by atoms with Gasteiger partial charge in [0.05, 0.1) is 43.3 Å². The van der Waals surface area contributed by atoms with Crippen molar-refractivity contribution < 1.29 is 9.47 Å². The maximum absolute atomic E-state index is 5.49. The molecule has 2 aromatic heterocycles. The molecule has 4 rings (SSSR count). The van der Waals surface area contributed by atoms with E-state index < -0.39 is 0 Å². The van der Waals surface area contributed by atoms with Gasteiger partial charge in [0.15, 0.2) is 0 Å². The highest BCUT2D eigenvalue weighted by Gasteiger charge is 2.14. The summed E-state index contributed by atoms with van der Waals surface area (Å²) in [5.74, 6) is 1.48. The van der Waals surface area contributed by atoms with E-state index in [0.29, 0.717) is 6.04 Å². The molecule has 9 heteroatoms. The van der Waals surface area contributed by atoms with Crippen LogP contribution in [0.1, 0.15) is 19.9 Å². The second-order valence-electron chi connectivity index (χ2n) is 8.06. The molecule has 0 bridgehead atoms. The predicted octanol–water partition coefficient (Wildman–Crippen LogP) is 4.87. The van der Waals surface area contributed by atoms with E-state index in [1.807, 2.05) is 48.4 Å². The maximum Gasteiger partial charge on any atom is 0.124 e. The minimum absolute atomic E-state index is 0. The van der Waals surface area contributed by atoms with Crippen molar-refractivity contribution in [3.05, 3.63) is 55.0 Å². The van der Waals surface area contributed by atoms with Crippen molar-refractivity contribution in [3.63, 3.8) is 0 Å². The summed E-state index contributed by atoms with van der Waals surface area (Å²) in [7, 11) is 5.26. The van der Waals surface area contributed by atoms with Crippen LogP contribution in [0.2, 0.25) is 0 Å². The number of likely N-dealkylation sites (N-methyl/N-ethyl adjacent to an activating group) is 1. The summed E-state index contributed by atoms with van der Waals surface area (Å²) in [5.41, 5.74) is 5.41. The molecule has 4 aromatic rings. The van der Waals surface area contributed by atoms with E-state index >= 15 is 0 Å². The van der Waals surface area contributed by atoms with Crippen LogP contribution >= 0.6 is 12.4 Å². The number of nitrogens with zero attached hydrogens (tertiary/aromatic N) is 5. The lowest BCUT2D eigenvalue weighted by Crippen LogP contribution is -2.26. The first-order chi connectivity index (χ1) is 16.0. The molecule has 0 aliphatic rings. The minimum Gasteiger partial charge on any atom is -0.497 e. The smallest absolute Gasteiger partial charge is 0.124 e. The Kier molecular flexibility index (Phi) is 8.31. The average Bonchev–Trinajstić information content (AvgIpc) is 3.34. The topological polar surface area (TPSA) is 77.3 Å². The number of benzene rings is 2. The average molecular weight is 483 g/mol. The number of rotatable bonds is 9. The van der Waals surface area contributed by atoms with E-state index in [1.54, 1.807) is 20.4 Å². The zero-order valence-electron chi connectivity index (χ0n) is 20.1. The lowest BCUT2D eigenvalue weighted by Gasteiger charge is -2.26. The van der Waals surface area contributed by atoms with E-state index in [-0.39, 0.29) is 12.4 Å². The minimum atomic E-state index is 0. The number of nitrogens with one attached hydrogen (secondary N) is 1. The highest BCUT2D eigenvalue weighted by atomic mass is 35.5. The fourth-order valence-corrected chi connectivity index (χ4v) is 3.64. The third-order valence-electron chi connectivity index (χ3n) is 5.50. The van der Waals surface area contributed by atoms with Gasteiger partial charge in [-0.3, -0.25) is 9.67 Å². The Labute approximate surface area is 206 Å². The lowest BCUT2D eigenvalue weighted by atomic mass is 10.2. The Hall–Kier alpha value is -3.36. The fraction of sp³-hybridized carbons (Fsp3) is 0.320. The van der Waals surface area contributed by atoms with Crippen LogP contribution in [-0.2, 0) is 0 Å². The van der Waals surface area contributed by atoms with E-state index in [4.69, 9.17) is 14.5 Å². The van der Waals surface area contributed by atoms with Gasteiger partial charge in [-0.2, -0.15) is 5.10 Å². The van der Waals surface area contributed by atoms with Crippen LogP contribution in [0.25, 0.3) is 22.3 Å². The predicted molar refractivity (Wildman–Crippen MR) is 139 cm³/mol. The van der Waals surface area contributed by atoms with E-state index in [0.717, 1.165) is 58.3 Å². The number of methoxy groups -OCH3 is 2. The third kappa shape index (κ3) is 5.40. The number of hydrogen-bond acceptors (Lipinski definition) is 7. The van der Waals surface area contributed by atoms with Gasteiger partial charge in [-0.15, -0.1) is 12.4 Å². The summed E-state index contributed by atoms with van der Waals surface area (Å²) in [6.07, 6.45) is 5.64. The molecule has 0 spiro atoms. The first-order valence-corrected chi connectivity index (χ1v) is 11.0. The van der Waals surface area contributed by atoms with Crippen LogP contribution in [0.15, 0.2) is 55.0 Å². The largest absolute Gasteiger partial charge is 0.497 e. The third-order valence-corrected chi connectivity index (χ3v) is 5.50. The summed E-state index contributed by atoms with van der Waals surface area (Å²) in [6.45, 7) is 5.76. The van der Waals surface area contributed by atoms with Gasteiger partial charge in [0.2, 0.25) is 0 Å². The van der Waals surface area contributed by atoms with E-state index in [2.05, 4.69) is 46.3 Å². The monoisotopic (exact) mass is 482 g/mol.